The van der Waals surface area contributed by atoms with Crippen molar-refractivity contribution in [2.75, 3.05) is 16.0 Å². The second-order valence-corrected chi connectivity index (χ2v) is 10.3. The standard InChI is InChI=1S/C26H25FN4O4S/c1-3-36(33,34)26-28-15-23(24(30-26)25(32)29-20-10-6-8-18(2)14-20)31(17-21-11-7-13-35-21)16-19-9-4-5-12-22(19)27/h4-15H,3,16-17H2,1-2H3,(H,29,32). The van der Waals surface area contributed by atoms with Crippen molar-refractivity contribution in [2.24, 2.45) is 0 Å². The molecule has 0 saturated heterocycles. The summed E-state index contributed by atoms with van der Waals surface area (Å²) in [4.78, 5) is 23.3. The molecule has 2 aromatic carbocycles. The van der Waals surface area contributed by atoms with Gasteiger partial charge in [0.05, 0.1) is 30.4 Å². The Hall–Kier alpha value is -4.05. The molecule has 8 nitrogen and oxygen atoms in total. The van der Waals surface area contributed by atoms with Gasteiger partial charge >= 0.3 is 0 Å². The van der Waals surface area contributed by atoms with Gasteiger partial charge in [-0.2, -0.15) is 0 Å². The van der Waals surface area contributed by atoms with Crippen molar-refractivity contribution < 1.29 is 22.0 Å². The van der Waals surface area contributed by atoms with Gasteiger partial charge in [0.1, 0.15) is 11.6 Å². The molecule has 186 valence electrons. The van der Waals surface area contributed by atoms with Crippen LogP contribution in [0.1, 0.15) is 34.3 Å². The summed E-state index contributed by atoms with van der Waals surface area (Å²) in [7, 11) is -3.79. The molecule has 0 fully saturated rings. The molecule has 2 aromatic heterocycles. The van der Waals surface area contributed by atoms with E-state index in [9.17, 15) is 17.6 Å². The van der Waals surface area contributed by atoms with E-state index in [-0.39, 0.29) is 30.2 Å². The van der Waals surface area contributed by atoms with E-state index < -0.39 is 26.7 Å². The molecule has 4 aromatic rings. The first-order valence-electron chi connectivity index (χ1n) is 11.3. The highest BCUT2D eigenvalue weighted by Gasteiger charge is 2.25. The zero-order valence-corrected chi connectivity index (χ0v) is 20.6. The maximum atomic E-state index is 14.6. The fourth-order valence-corrected chi connectivity index (χ4v) is 4.30. The van der Waals surface area contributed by atoms with Crippen LogP contribution in [0.4, 0.5) is 15.8 Å². The smallest absolute Gasteiger partial charge is 0.276 e. The molecule has 0 radical (unpaired) electrons. The molecule has 0 aliphatic rings. The molecule has 0 aliphatic heterocycles. The van der Waals surface area contributed by atoms with E-state index in [0.29, 0.717) is 17.0 Å². The molecule has 2 heterocycles. The Morgan fingerprint density at radius 2 is 1.89 bits per heavy atom. The van der Waals surface area contributed by atoms with Gasteiger partial charge in [0.2, 0.25) is 15.0 Å². The number of carbonyl (C=O) groups excluding carboxylic acids is 1. The lowest BCUT2D eigenvalue weighted by Gasteiger charge is -2.25. The number of benzene rings is 2. The molecule has 1 N–H and O–H groups in total. The summed E-state index contributed by atoms with van der Waals surface area (Å²) >= 11 is 0. The summed E-state index contributed by atoms with van der Waals surface area (Å²) in [6, 6.07) is 16.9. The van der Waals surface area contributed by atoms with Crippen LogP contribution in [-0.4, -0.2) is 30.0 Å². The van der Waals surface area contributed by atoms with Crippen LogP contribution in [-0.2, 0) is 22.9 Å². The largest absolute Gasteiger partial charge is 0.467 e. The van der Waals surface area contributed by atoms with E-state index >= 15 is 0 Å². The number of aromatic nitrogens is 2. The number of hydrogen-bond acceptors (Lipinski definition) is 7. The third-order valence-corrected chi connectivity index (χ3v) is 7.00. The van der Waals surface area contributed by atoms with Gasteiger partial charge < -0.3 is 14.6 Å². The quantitative estimate of drug-likeness (QED) is 0.325. The molecule has 4 rings (SSSR count). The molecule has 0 unspecified atom stereocenters. The Bertz CT molecular complexity index is 1470. The monoisotopic (exact) mass is 508 g/mol. The molecule has 0 bridgehead atoms. The number of amides is 1. The van der Waals surface area contributed by atoms with Crippen LogP contribution in [0, 0.1) is 12.7 Å². The number of halogens is 1. The Labute approximate surface area is 208 Å². The number of nitrogens with zero attached hydrogens (tertiary/aromatic N) is 3. The van der Waals surface area contributed by atoms with Crippen LogP contribution < -0.4 is 10.2 Å². The van der Waals surface area contributed by atoms with Crippen molar-refractivity contribution >= 4 is 27.1 Å². The first kappa shape index (κ1) is 25.1. The van der Waals surface area contributed by atoms with Crippen LogP contribution in [0.25, 0.3) is 0 Å². The van der Waals surface area contributed by atoms with Crippen LogP contribution in [0.15, 0.2) is 82.7 Å². The van der Waals surface area contributed by atoms with Crippen LogP contribution in [0.2, 0.25) is 0 Å². The minimum atomic E-state index is -3.79. The minimum absolute atomic E-state index is 0.0569. The normalized spacial score (nSPS) is 11.3. The molecule has 1 amide bonds. The molecule has 0 spiro atoms. The Kier molecular flexibility index (Phi) is 7.44. The highest BCUT2D eigenvalue weighted by molar-refractivity contribution is 7.91. The van der Waals surface area contributed by atoms with E-state index in [0.717, 1.165) is 5.56 Å². The van der Waals surface area contributed by atoms with E-state index in [1.54, 1.807) is 53.4 Å². The van der Waals surface area contributed by atoms with Gasteiger partial charge in [-0.1, -0.05) is 37.3 Å². The van der Waals surface area contributed by atoms with Crippen molar-refractivity contribution in [3.8, 4) is 0 Å². The third-order valence-electron chi connectivity index (χ3n) is 5.48. The van der Waals surface area contributed by atoms with E-state index in [4.69, 9.17) is 4.42 Å². The third kappa shape index (κ3) is 5.77. The lowest BCUT2D eigenvalue weighted by Crippen LogP contribution is -2.28. The topological polar surface area (TPSA) is 105 Å². The van der Waals surface area contributed by atoms with Gasteiger partial charge in [-0.15, -0.1) is 0 Å². The second kappa shape index (κ2) is 10.7. The molecule has 0 aliphatic carbocycles. The maximum absolute atomic E-state index is 14.6. The predicted octanol–water partition coefficient (Wildman–Crippen LogP) is 4.77. The SMILES string of the molecule is CCS(=O)(=O)c1ncc(N(Cc2ccco2)Cc2ccccc2F)c(C(=O)Nc2cccc(C)c2)n1. The summed E-state index contributed by atoms with van der Waals surface area (Å²) in [5.41, 5.74) is 1.91. The van der Waals surface area contributed by atoms with Gasteiger partial charge in [0, 0.05) is 17.8 Å². The number of sulfone groups is 1. The predicted molar refractivity (Wildman–Crippen MR) is 134 cm³/mol. The Morgan fingerprint density at radius 3 is 2.58 bits per heavy atom. The highest BCUT2D eigenvalue weighted by atomic mass is 32.2. The van der Waals surface area contributed by atoms with Crippen LogP contribution in [0.3, 0.4) is 0 Å². The lowest BCUT2D eigenvalue weighted by molar-refractivity contribution is 0.102. The minimum Gasteiger partial charge on any atom is -0.467 e. The summed E-state index contributed by atoms with van der Waals surface area (Å²) in [5, 5.41) is 2.33. The first-order chi connectivity index (χ1) is 17.3. The van der Waals surface area contributed by atoms with E-state index in [1.807, 2.05) is 13.0 Å². The zero-order valence-electron chi connectivity index (χ0n) is 19.8. The summed E-state index contributed by atoms with van der Waals surface area (Å²) in [6.45, 7) is 3.58. The number of hydrogen-bond donors (Lipinski definition) is 1. The fourth-order valence-electron chi connectivity index (χ4n) is 3.60. The van der Waals surface area contributed by atoms with Crippen molar-refractivity contribution in [1.29, 1.82) is 0 Å². The summed E-state index contributed by atoms with van der Waals surface area (Å²) < 4.78 is 45.1. The zero-order chi connectivity index (χ0) is 25.7. The molecule has 36 heavy (non-hydrogen) atoms. The number of aryl methyl sites for hydroxylation is 1. The first-order valence-corrected chi connectivity index (χ1v) is 12.9. The Morgan fingerprint density at radius 1 is 1.08 bits per heavy atom. The van der Waals surface area contributed by atoms with Gasteiger partial charge in [0.25, 0.3) is 5.91 Å². The fraction of sp³-hybridized carbons (Fsp3) is 0.192. The number of nitrogens with one attached hydrogen (secondary N) is 1. The van der Waals surface area contributed by atoms with Crippen LogP contribution >= 0.6 is 0 Å². The average Bonchev–Trinajstić information content (AvgIpc) is 3.38. The van der Waals surface area contributed by atoms with Gasteiger partial charge in [-0.25, -0.2) is 22.8 Å². The second-order valence-electron chi connectivity index (χ2n) is 8.14. The summed E-state index contributed by atoms with van der Waals surface area (Å²) in [6.07, 6.45) is 2.79. The average molecular weight is 509 g/mol. The lowest BCUT2D eigenvalue weighted by atomic mass is 10.1. The van der Waals surface area contributed by atoms with Crippen molar-refractivity contribution in [3.63, 3.8) is 0 Å². The molecular formula is C26H25FN4O4S. The van der Waals surface area contributed by atoms with Gasteiger partial charge in [-0.3, -0.25) is 4.79 Å². The van der Waals surface area contributed by atoms with Crippen molar-refractivity contribution in [2.45, 2.75) is 32.1 Å². The van der Waals surface area contributed by atoms with Crippen molar-refractivity contribution in [3.05, 3.63) is 102 Å². The highest BCUT2D eigenvalue weighted by Crippen LogP contribution is 2.26. The number of rotatable bonds is 9. The van der Waals surface area contributed by atoms with Crippen molar-refractivity contribution in [1.82, 2.24) is 9.97 Å². The van der Waals surface area contributed by atoms with Gasteiger partial charge in [-0.05, 0) is 42.8 Å². The van der Waals surface area contributed by atoms with Crippen LogP contribution in [0.5, 0.6) is 0 Å². The number of anilines is 2. The van der Waals surface area contributed by atoms with E-state index in [1.165, 1.54) is 25.5 Å². The number of carbonyl (C=O) groups is 1. The Balaban J connectivity index is 1.81. The maximum Gasteiger partial charge on any atom is 0.276 e. The molecular weight excluding hydrogens is 483 g/mol. The molecule has 0 atom stereocenters. The summed E-state index contributed by atoms with van der Waals surface area (Å²) in [5.74, 6) is -0.708. The molecule has 10 heteroatoms. The molecule has 0 saturated carbocycles. The van der Waals surface area contributed by atoms with Gasteiger partial charge in [0.15, 0.2) is 5.69 Å². The number of furan rings is 1. The van der Waals surface area contributed by atoms with E-state index in [2.05, 4.69) is 15.3 Å².